The number of nitrogens with one attached hydrogen (secondary N) is 1. The van der Waals surface area contributed by atoms with E-state index in [2.05, 4.69) is 31.1 Å². The number of carbonyl (C=O) groups is 1. The summed E-state index contributed by atoms with van der Waals surface area (Å²) in [5, 5.41) is 3.07. The predicted molar refractivity (Wildman–Crippen MR) is 80.7 cm³/mol. The molecule has 112 valence electrons. The van der Waals surface area contributed by atoms with Crippen LogP contribution in [0.3, 0.4) is 0 Å². The number of benzene rings is 1. The second-order valence-electron chi connectivity index (χ2n) is 5.16. The Labute approximate surface area is 125 Å². The number of hydrogen-bond acceptors (Lipinski definition) is 2. The number of halogens is 2. The predicted octanol–water partition coefficient (Wildman–Crippen LogP) is 3.33. The lowest BCUT2D eigenvalue weighted by Gasteiger charge is -2.20. The normalized spacial score (nSPS) is 11.2. The molecule has 1 N–H and O–H groups in total. The molecule has 1 aromatic carbocycles. The molecule has 0 saturated carbocycles. The van der Waals surface area contributed by atoms with E-state index in [4.69, 9.17) is 11.6 Å². The van der Waals surface area contributed by atoms with Crippen LogP contribution in [0.1, 0.15) is 37.0 Å². The number of hydrogen-bond donors (Lipinski definition) is 1. The molecule has 0 aliphatic heterocycles. The maximum atomic E-state index is 13.5. The van der Waals surface area contributed by atoms with Crippen LogP contribution in [0, 0.1) is 5.82 Å². The molecule has 0 spiro atoms. The molecular weight excluding hydrogens is 279 g/mol. The molecule has 0 radical (unpaired) electrons. The van der Waals surface area contributed by atoms with Crippen molar-refractivity contribution >= 4 is 17.5 Å². The van der Waals surface area contributed by atoms with E-state index in [0.717, 1.165) is 19.4 Å². The number of carbonyl (C=O) groups excluding carboxylic acids is 1. The molecule has 0 unspecified atom stereocenters. The Morgan fingerprint density at radius 3 is 2.75 bits per heavy atom. The third-order valence-electron chi connectivity index (χ3n) is 3.28. The van der Waals surface area contributed by atoms with Crippen LogP contribution < -0.4 is 5.32 Å². The van der Waals surface area contributed by atoms with Crippen molar-refractivity contribution in [2.45, 2.75) is 32.7 Å². The van der Waals surface area contributed by atoms with Gasteiger partial charge in [0.05, 0.1) is 5.56 Å². The van der Waals surface area contributed by atoms with E-state index < -0.39 is 11.7 Å². The van der Waals surface area contributed by atoms with Crippen molar-refractivity contribution in [3.05, 3.63) is 34.6 Å². The monoisotopic (exact) mass is 300 g/mol. The van der Waals surface area contributed by atoms with Crippen molar-refractivity contribution in [3.63, 3.8) is 0 Å². The van der Waals surface area contributed by atoms with Crippen LogP contribution in [0.25, 0.3) is 0 Å². The molecule has 0 aliphatic rings. The van der Waals surface area contributed by atoms with Gasteiger partial charge in [0, 0.05) is 17.6 Å². The zero-order chi connectivity index (χ0) is 15.1. The van der Waals surface area contributed by atoms with Crippen molar-refractivity contribution in [2.75, 3.05) is 20.1 Å². The Bertz CT molecular complexity index is 451. The van der Waals surface area contributed by atoms with Gasteiger partial charge < -0.3 is 10.2 Å². The van der Waals surface area contributed by atoms with Gasteiger partial charge in [-0.25, -0.2) is 4.39 Å². The number of nitrogens with zero attached hydrogens (tertiary/aromatic N) is 1. The van der Waals surface area contributed by atoms with Gasteiger partial charge in [-0.3, -0.25) is 4.79 Å². The van der Waals surface area contributed by atoms with Gasteiger partial charge in [-0.1, -0.05) is 11.6 Å². The molecule has 1 rings (SSSR count). The SMILES string of the molecule is CC(C)N(C)CCCCNC(=O)c1cc(Cl)ccc1F. The van der Waals surface area contributed by atoms with Crippen LogP contribution in [0.4, 0.5) is 4.39 Å². The van der Waals surface area contributed by atoms with E-state index in [9.17, 15) is 9.18 Å². The Kier molecular flexibility index (Phi) is 6.96. The molecule has 0 heterocycles. The third kappa shape index (κ3) is 5.47. The summed E-state index contributed by atoms with van der Waals surface area (Å²) >= 11 is 5.76. The first-order valence-corrected chi connectivity index (χ1v) is 7.23. The van der Waals surface area contributed by atoms with E-state index >= 15 is 0 Å². The number of amides is 1. The summed E-state index contributed by atoms with van der Waals surface area (Å²) in [6.07, 6.45) is 1.86. The number of rotatable bonds is 7. The molecule has 3 nitrogen and oxygen atoms in total. The lowest BCUT2D eigenvalue weighted by molar-refractivity contribution is 0.0948. The van der Waals surface area contributed by atoms with Crippen LogP contribution >= 0.6 is 11.6 Å². The van der Waals surface area contributed by atoms with E-state index in [0.29, 0.717) is 17.6 Å². The van der Waals surface area contributed by atoms with Crippen LogP contribution in [0.5, 0.6) is 0 Å². The molecule has 0 saturated heterocycles. The summed E-state index contributed by atoms with van der Waals surface area (Å²) in [5.41, 5.74) is -0.00296. The summed E-state index contributed by atoms with van der Waals surface area (Å²) in [4.78, 5) is 14.1. The summed E-state index contributed by atoms with van der Waals surface area (Å²) in [6, 6.07) is 4.49. The Morgan fingerprint density at radius 1 is 1.40 bits per heavy atom. The van der Waals surface area contributed by atoms with E-state index in [1.165, 1.54) is 18.2 Å². The molecule has 5 heteroatoms. The quantitative estimate of drug-likeness (QED) is 0.783. The van der Waals surface area contributed by atoms with Gasteiger partial charge in [-0.15, -0.1) is 0 Å². The smallest absolute Gasteiger partial charge is 0.254 e. The van der Waals surface area contributed by atoms with E-state index in [-0.39, 0.29) is 5.56 Å². The minimum Gasteiger partial charge on any atom is -0.352 e. The minimum atomic E-state index is -0.550. The van der Waals surface area contributed by atoms with Crippen molar-refractivity contribution in [1.29, 1.82) is 0 Å². The Morgan fingerprint density at radius 2 is 2.10 bits per heavy atom. The maximum absolute atomic E-state index is 13.5. The van der Waals surface area contributed by atoms with Crippen LogP contribution in [0.2, 0.25) is 5.02 Å². The molecular formula is C15H22ClFN2O. The van der Waals surface area contributed by atoms with Crippen LogP contribution in [-0.2, 0) is 0 Å². The van der Waals surface area contributed by atoms with Gasteiger partial charge >= 0.3 is 0 Å². The van der Waals surface area contributed by atoms with Gasteiger partial charge in [-0.2, -0.15) is 0 Å². The number of unbranched alkanes of at least 4 members (excludes halogenated alkanes) is 1. The lowest BCUT2D eigenvalue weighted by Crippen LogP contribution is -2.29. The first kappa shape index (κ1) is 16.9. The van der Waals surface area contributed by atoms with Gasteiger partial charge in [0.25, 0.3) is 5.91 Å². The third-order valence-corrected chi connectivity index (χ3v) is 3.51. The first-order valence-electron chi connectivity index (χ1n) is 6.85. The van der Waals surface area contributed by atoms with E-state index in [1.807, 2.05) is 0 Å². The second-order valence-corrected chi connectivity index (χ2v) is 5.60. The summed E-state index contributed by atoms with van der Waals surface area (Å²) < 4.78 is 13.5. The van der Waals surface area contributed by atoms with Crippen molar-refractivity contribution in [1.82, 2.24) is 10.2 Å². The molecule has 0 bridgehead atoms. The molecule has 0 fully saturated rings. The fraction of sp³-hybridized carbons (Fsp3) is 0.533. The van der Waals surface area contributed by atoms with Gasteiger partial charge in [0.2, 0.25) is 0 Å². The highest BCUT2D eigenvalue weighted by atomic mass is 35.5. The Balaban J connectivity index is 2.32. The summed E-state index contributed by atoms with van der Waals surface area (Å²) in [5.74, 6) is -0.964. The molecule has 0 aromatic heterocycles. The zero-order valence-electron chi connectivity index (χ0n) is 12.2. The van der Waals surface area contributed by atoms with Crippen molar-refractivity contribution < 1.29 is 9.18 Å². The largest absolute Gasteiger partial charge is 0.352 e. The molecule has 0 aliphatic carbocycles. The highest BCUT2D eigenvalue weighted by Gasteiger charge is 2.11. The minimum absolute atomic E-state index is 0.00296. The average molecular weight is 301 g/mol. The molecule has 0 atom stereocenters. The van der Waals surface area contributed by atoms with Crippen molar-refractivity contribution in [3.8, 4) is 0 Å². The topological polar surface area (TPSA) is 32.3 Å². The van der Waals surface area contributed by atoms with E-state index in [1.54, 1.807) is 0 Å². The first-order chi connectivity index (χ1) is 9.41. The average Bonchev–Trinajstić information content (AvgIpc) is 2.40. The molecule has 1 aromatic rings. The van der Waals surface area contributed by atoms with Crippen LogP contribution in [0.15, 0.2) is 18.2 Å². The standard InChI is InChI=1S/C15H22ClFN2O/c1-11(2)19(3)9-5-4-8-18-15(20)13-10-12(16)6-7-14(13)17/h6-7,10-11H,4-5,8-9H2,1-3H3,(H,18,20). The maximum Gasteiger partial charge on any atom is 0.254 e. The Hall–Kier alpha value is -1.13. The van der Waals surface area contributed by atoms with Gasteiger partial charge in [0.15, 0.2) is 0 Å². The van der Waals surface area contributed by atoms with Gasteiger partial charge in [0.1, 0.15) is 5.82 Å². The molecule has 20 heavy (non-hydrogen) atoms. The fourth-order valence-corrected chi connectivity index (χ4v) is 1.89. The van der Waals surface area contributed by atoms with Crippen LogP contribution in [-0.4, -0.2) is 37.0 Å². The highest BCUT2D eigenvalue weighted by molar-refractivity contribution is 6.30. The molecule has 1 amide bonds. The van der Waals surface area contributed by atoms with Crippen molar-refractivity contribution in [2.24, 2.45) is 0 Å². The highest BCUT2D eigenvalue weighted by Crippen LogP contribution is 2.14. The van der Waals surface area contributed by atoms with Gasteiger partial charge in [-0.05, 0) is 58.5 Å². The summed E-state index contributed by atoms with van der Waals surface area (Å²) in [6.45, 7) is 5.81. The fourth-order valence-electron chi connectivity index (χ4n) is 1.71. The zero-order valence-corrected chi connectivity index (χ0v) is 13.0. The lowest BCUT2D eigenvalue weighted by atomic mass is 10.2. The summed E-state index contributed by atoms with van der Waals surface area (Å²) in [7, 11) is 2.07. The second kappa shape index (κ2) is 8.22.